The van der Waals surface area contributed by atoms with Crippen LogP contribution in [0.2, 0.25) is 0 Å². The van der Waals surface area contributed by atoms with Crippen molar-refractivity contribution >= 4 is 11.3 Å². The lowest BCUT2D eigenvalue weighted by Crippen LogP contribution is -2.30. The van der Waals surface area contributed by atoms with E-state index in [1.54, 1.807) is 11.3 Å². The fraction of sp³-hybridized carbons (Fsp3) is 0.769. The summed E-state index contributed by atoms with van der Waals surface area (Å²) in [5.74, 6) is 0.927. The van der Waals surface area contributed by atoms with Gasteiger partial charge in [-0.2, -0.15) is 0 Å². The average molecular weight is 253 g/mol. The molecule has 17 heavy (non-hydrogen) atoms. The molecule has 0 spiro atoms. The van der Waals surface area contributed by atoms with Gasteiger partial charge in [0.25, 0.3) is 0 Å². The van der Waals surface area contributed by atoms with Gasteiger partial charge in [0.15, 0.2) is 0 Å². The lowest BCUT2D eigenvalue weighted by molar-refractivity contribution is 0.264. The smallest absolute Gasteiger partial charge is 0.0897 e. The van der Waals surface area contributed by atoms with E-state index in [-0.39, 0.29) is 0 Å². The molecule has 1 aromatic rings. The van der Waals surface area contributed by atoms with Gasteiger partial charge >= 0.3 is 0 Å². The maximum atomic E-state index is 4.51. The molecule has 0 aromatic carbocycles. The molecular weight excluding hydrogens is 230 g/mol. The van der Waals surface area contributed by atoms with E-state index in [2.05, 4.69) is 34.6 Å². The van der Waals surface area contributed by atoms with Gasteiger partial charge in [-0.25, -0.2) is 4.98 Å². The Morgan fingerprint density at radius 2 is 2.24 bits per heavy atom. The molecule has 96 valence electrons. The molecule has 1 saturated heterocycles. The number of thiazole rings is 1. The van der Waals surface area contributed by atoms with Crippen molar-refractivity contribution in [2.24, 2.45) is 5.92 Å². The Balaban J connectivity index is 1.68. The molecule has 2 heterocycles. The summed E-state index contributed by atoms with van der Waals surface area (Å²) in [5, 5.41) is 6.77. The number of rotatable bonds is 5. The van der Waals surface area contributed by atoms with Crippen LogP contribution >= 0.6 is 11.3 Å². The molecular formula is C13H23N3S. The molecule has 3 nitrogen and oxygen atoms in total. The quantitative estimate of drug-likeness (QED) is 0.872. The first kappa shape index (κ1) is 13.0. The van der Waals surface area contributed by atoms with Crippen LogP contribution in [0.3, 0.4) is 0 Å². The highest BCUT2D eigenvalue weighted by atomic mass is 32.1. The molecule has 0 radical (unpaired) electrons. The summed E-state index contributed by atoms with van der Waals surface area (Å²) >= 11 is 1.75. The lowest BCUT2D eigenvalue weighted by atomic mass is 9.94. The van der Waals surface area contributed by atoms with E-state index >= 15 is 0 Å². The third-order valence-corrected chi connectivity index (χ3v) is 4.30. The van der Waals surface area contributed by atoms with Gasteiger partial charge in [-0.15, -0.1) is 11.3 Å². The Labute approximate surface area is 108 Å². The highest BCUT2D eigenvalue weighted by Gasteiger charge is 2.13. The van der Waals surface area contributed by atoms with Crippen molar-refractivity contribution in [3.63, 3.8) is 0 Å². The van der Waals surface area contributed by atoms with Crippen molar-refractivity contribution in [3.8, 4) is 0 Å². The number of piperidine rings is 1. The molecule has 4 heteroatoms. The van der Waals surface area contributed by atoms with Crippen molar-refractivity contribution in [3.05, 3.63) is 16.1 Å². The zero-order valence-corrected chi connectivity index (χ0v) is 11.7. The molecule has 2 rings (SSSR count). The van der Waals surface area contributed by atoms with Crippen LogP contribution in [0.25, 0.3) is 0 Å². The molecule has 0 unspecified atom stereocenters. The van der Waals surface area contributed by atoms with Gasteiger partial charge in [-0.1, -0.05) is 0 Å². The van der Waals surface area contributed by atoms with Crippen LogP contribution in [0.5, 0.6) is 0 Å². The second-order valence-electron chi connectivity index (χ2n) is 5.08. The SMILES string of the molecule is Cc1nc(CN(C)CCC2CCNCC2)cs1. The highest BCUT2D eigenvalue weighted by Crippen LogP contribution is 2.17. The molecule has 1 aliphatic heterocycles. The summed E-state index contributed by atoms with van der Waals surface area (Å²) in [6.45, 7) is 6.68. The van der Waals surface area contributed by atoms with Crippen LogP contribution in [-0.2, 0) is 6.54 Å². The Kier molecular flexibility index (Phi) is 4.95. The Hall–Kier alpha value is -0.450. The number of hydrogen-bond acceptors (Lipinski definition) is 4. The molecule has 1 aliphatic rings. The van der Waals surface area contributed by atoms with E-state index in [0.29, 0.717) is 0 Å². The maximum absolute atomic E-state index is 4.51. The molecule has 0 amide bonds. The van der Waals surface area contributed by atoms with Gasteiger partial charge in [0.05, 0.1) is 10.7 Å². The van der Waals surface area contributed by atoms with E-state index in [1.807, 2.05) is 0 Å². The Bertz CT molecular complexity index is 331. The minimum atomic E-state index is 0.927. The van der Waals surface area contributed by atoms with Gasteiger partial charge in [0, 0.05) is 11.9 Å². The van der Waals surface area contributed by atoms with Gasteiger partial charge < -0.3 is 10.2 Å². The molecule has 0 aliphatic carbocycles. The minimum absolute atomic E-state index is 0.927. The van der Waals surface area contributed by atoms with Crippen molar-refractivity contribution < 1.29 is 0 Å². The zero-order chi connectivity index (χ0) is 12.1. The van der Waals surface area contributed by atoms with Crippen LogP contribution in [0.15, 0.2) is 5.38 Å². The van der Waals surface area contributed by atoms with Crippen LogP contribution in [-0.4, -0.2) is 36.6 Å². The van der Waals surface area contributed by atoms with Gasteiger partial charge in [-0.05, 0) is 58.8 Å². The third kappa shape index (κ3) is 4.37. The topological polar surface area (TPSA) is 28.2 Å². The number of hydrogen-bond donors (Lipinski definition) is 1. The van der Waals surface area contributed by atoms with Crippen LogP contribution in [0.4, 0.5) is 0 Å². The second kappa shape index (κ2) is 6.47. The normalized spacial score (nSPS) is 17.8. The zero-order valence-electron chi connectivity index (χ0n) is 10.9. The monoisotopic (exact) mass is 253 g/mol. The van der Waals surface area contributed by atoms with Crippen molar-refractivity contribution in [1.82, 2.24) is 15.2 Å². The first-order valence-electron chi connectivity index (χ1n) is 6.54. The molecule has 0 saturated carbocycles. The largest absolute Gasteiger partial charge is 0.317 e. The Morgan fingerprint density at radius 3 is 2.88 bits per heavy atom. The van der Waals surface area contributed by atoms with E-state index in [1.165, 1.54) is 49.6 Å². The summed E-state index contributed by atoms with van der Waals surface area (Å²) in [6, 6.07) is 0. The number of aryl methyl sites for hydroxylation is 1. The van der Waals surface area contributed by atoms with Gasteiger partial charge in [-0.3, -0.25) is 0 Å². The van der Waals surface area contributed by atoms with E-state index in [4.69, 9.17) is 0 Å². The molecule has 0 bridgehead atoms. The number of aromatic nitrogens is 1. The molecule has 0 atom stereocenters. The van der Waals surface area contributed by atoms with Crippen molar-refractivity contribution in [2.75, 3.05) is 26.7 Å². The standard InChI is InChI=1S/C13H23N3S/c1-11-15-13(10-17-11)9-16(2)8-5-12-3-6-14-7-4-12/h10,12,14H,3-9H2,1-2H3. The van der Waals surface area contributed by atoms with E-state index < -0.39 is 0 Å². The molecule has 1 aromatic heterocycles. The summed E-state index contributed by atoms with van der Waals surface area (Å²) < 4.78 is 0. The lowest BCUT2D eigenvalue weighted by Gasteiger charge is -2.24. The fourth-order valence-electron chi connectivity index (χ4n) is 2.41. The summed E-state index contributed by atoms with van der Waals surface area (Å²) in [5.41, 5.74) is 1.22. The third-order valence-electron chi connectivity index (χ3n) is 3.48. The Morgan fingerprint density at radius 1 is 1.47 bits per heavy atom. The number of nitrogens with zero attached hydrogens (tertiary/aromatic N) is 2. The predicted molar refractivity (Wildman–Crippen MR) is 73.4 cm³/mol. The fourth-order valence-corrected chi connectivity index (χ4v) is 3.01. The van der Waals surface area contributed by atoms with Crippen LogP contribution in [0, 0.1) is 12.8 Å². The molecule has 1 N–H and O–H groups in total. The minimum Gasteiger partial charge on any atom is -0.317 e. The van der Waals surface area contributed by atoms with E-state index in [0.717, 1.165) is 12.5 Å². The molecule has 1 fully saturated rings. The van der Waals surface area contributed by atoms with E-state index in [9.17, 15) is 0 Å². The number of nitrogens with one attached hydrogen (secondary N) is 1. The van der Waals surface area contributed by atoms with Gasteiger partial charge in [0.2, 0.25) is 0 Å². The van der Waals surface area contributed by atoms with Crippen molar-refractivity contribution in [1.29, 1.82) is 0 Å². The summed E-state index contributed by atoms with van der Waals surface area (Å²) in [6.07, 6.45) is 4.04. The first-order valence-corrected chi connectivity index (χ1v) is 7.42. The summed E-state index contributed by atoms with van der Waals surface area (Å²) in [4.78, 5) is 6.91. The first-order chi connectivity index (χ1) is 8.24. The van der Waals surface area contributed by atoms with Crippen LogP contribution < -0.4 is 5.32 Å². The van der Waals surface area contributed by atoms with Crippen molar-refractivity contribution in [2.45, 2.75) is 32.7 Å². The van der Waals surface area contributed by atoms with Crippen LogP contribution in [0.1, 0.15) is 30.0 Å². The second-order valence-corrected chi connectivity index (χ2v) is 6.14. The maximum Gasteiger partial charge on any atom is 0.0897 e. The summed E-state index contributed by atoms with van der Waals surface area (Å²) in [7, 11) is 2.20. The van der Waals surface area contributed by atoms with Gasteiger partial charge in [0.1, 0.15) is 0 Å². The predicted octanol–water partition coefficient (Wildman–Crippen LogP) is 2.27. The highest BCUT2D eigenvalue weighted by molar-refractivity contribution is 7.09. The average Bonchev–Trinajstić information content (AvgIpc) is 2.73.